The minimum atomic E-state index is -2.54. The Labute approximate surface area is 242 Å². The van der Waals surface area contributed by atoms with E-state index in [-0.39, 0.29) is 48.3 Å². The van der Waals surface area contributed by atoms with Crippen LogP contribution in [-0.2, 0) is 14.3 Å². The van der Waals surface area contributed by atoms with Gasteiger partial charge in [-0.2, -0.15) is 0 Å². The van der Waals surface area contributed by atoms with Crippen LogP contribution in [0.15, 0.2) is 65.0 Å². The van der Waals surface area contributed by atoms with Gasteiger partial charge in [0.25, 0.3) is 6.43 Å². The molecule has 0 bridgehead atoms. The first-order valence-corrected chi connectivity index (χ1v) is 15.1. The smallest absolute Gasteiger partial charge is 0.407 e. The van der Waals surface area contributed by atoms with Gasteiger partial charge in [-0.1, -0.05) is 38.2 Å². The fourth-order valence-electron chi connectivity index (χ4n) is 6.23. The van der Waals surface area contributed by atoms with Gasteiger partial charge in [0, 0.05) is 49.6 Å². The van der Waals surface area contributed by atoms with Gasteiger partial charge in [-0.3, -0.25) is 4.79 Å². The molecule has 0 saturated carbocycles. The highest BCUT2D eigenvalue weighted by atomic mass is 19.3. The number of carbonyl (C=O) groups is 2. The van der Waals surface area contributed by atoms with Gasteiger partial charge in [-0.25, -0.2) is 13.6 Å². The maximum atomic E-state index is 13.7. The van der Waals surface area contributed by atoms with Crippen molar-refractivity contribution in [1.29, 1.82) is 0 Å². The van der Waals surface area contributed by atoms with Crippen LogP contribution in [0.25, 0.3) is 0 Å². The number of allylic oxidation sites excluding steroid dienone is 6. The molecule has 5 rings (SSSR count). The van der Waals surface area contributed by atoms with E-state index in [1.165, 1.54) is 0 Å². The van der Waals surface area contributed by atoms with Crippen LogP contribution in [0.5, 0.6) is 0 Å². The van der Waals surface area contributed by atoms with Gasteiger partial charge in [-0.05, 0) is 67.9 Å². The zero-order chi connectivity index (χ0) is 29.2. The molecular weight excluding hydrogens is 528 g/mol. The third kappa shape index (κ3) is 8.06. The van der Waals surface area contributed by atoms with Crippen molar-refractivity contribution < 1.29 is 27.8 Å². The summed E-state index contributed by atoms with van der Waals surface area (Å²) in [5.41, 5.74) is 5.11. The van der Waals surface area contributed by atoms with Gasteiger partial charge >= 0.3 is 6.09 Å². The first-order valence-electron chi connectivity index (χ1n) is 15.1. The topological polar surface area (TPSA) is 79.9 Å². The minimum Gasteiger partial charge on any atom is -0.447 e. The molecule has 41 heavy (non-hydrogen) atoms. The zero-order valence-corrected chi connectivity index (χ0v) is 24.1. The molecule has 0 aromatic rings. The summed E-state index contributed by atoms with van der Waals surface area (Å²) >= 11 is 0. The monoisotopic (exact) mass is 571 g/mol. The van der Waals surface area contributed by atoms with E-state index in [4.69, 9.17) is 9.47 Å². The Balaban J connectivity index is 0.00000189. The number of ether oxygens (including phenoxy) is 2. The lowest BCUT2D eigenvalue weighted by molar-refractivity contribution is -0.127. The summed E-state index contributed by atoms with van der Waals surface area (Å²) in [7, 11) is 0. The number of nitrogens with one attached hydrogen (secondary N) is 2. The summed E-state index contributed by atoms with van der Waals surface area (Å²) < 4.78 is 39.5. The number of fused-ring (bicyclic) bond motifs is 3. The number of alkyl carbamates (subject to hydrolysis) is 1. The van der Waals surface area contributed by atoms with Crippen molar-refractivity contribution >= 4 is 12.0 Å². The quantitative estimate of drug-likeness (QED) is 0.302. The molecular formula is C32H43F2N3O4. The summed E-state index contributed by atoms with van der Waals surface area (Å²) in [6.07, 6.45) is 14.3. The van der Waals surface area contributed by atoms with Crippen molar-refractivity contribution in [2.24, 2.45) is 5.92 Å². The van der Waals surface area contributed by atoms with Crippen LogP contribution in [0, 0.1) is 5.92 Å². The maximum absolute atomic E-state index is 13.7. The summed E-state index contributed by atoms with van der Waals surface area (Å²) in [4.78, 5) is 25.8. The van der Waals surface area contributed by atoms with Crippen molar-refractivity contribution in [3.8, 4) is 0 Å². The number of halogens is 2. The zero-order valence-electron chi connectivity index (χ0n) is 24.1. The molecule has 4 unspecified atom stereocenters. The van der Waals surface area contributed by atoms with Crippen LogP contribution in [0.2, 0.25) is 0 Å². The number of hydrogen-bond acceptors (Lipinski definition) is 5. The number of nitrogens with zero attached hydrogens (tertiary/aromatic N) is 1. The van der Waals surface area contributed by atoms with Gasteiger partial charge in [-0.15, -0.1) is 5.73 Å². The molecule has 224 valence electrons. The molecule has 3 saturated heterocycles. The lowest BCUT2D eigenvalue weighted by Crippen LogP contribution is -2.59. The van der Waals surface area contributed by atoms with Crippen molar-refractivity contribution in [3.05, 3.63) is 65.0 Å². The number of hydrogen-bond donors (Lipinski definition) is 2. The summed E-state index contributed by atoms with van der Waals surface area (Å²) in [6, 6.07) is -0.0672. The van der Waals surface area contributed by atoms with Gasteiger partial charge < -0.3 is 25.0 Å². The van der Waals surface area contributed by atoms with Gasteiger partial charge in [0.1, 0.15) is 6.61 Å². The molecule has 0 aromatic carbocycles. The van der Waals surface area contributed by atoms with Crippen molar-refractivity contribution in [2.75, 3.05) is 26.2 Å². The Morgan fingerprint density at radius 3 is 2.90 bits per heavy atom. The highest BCUT2D eigenvalue weighted by Crippen LogP contribution is 2.42. The number of amides is 2. The van der Waals surface area contributed by atoms with Crippen LogP contribution in [0.1, 0.15) is 58.8 Å². The predicted octanol–water partition coefficient (Wildman–Crippen LogP) is 5.37. The van der Waals surface area contributed by atoms with Crippen molar-refractivity contribution in [3.63, 3.8) is 0 Å². The lowest BCUT2D eigenvalue weighted by atomic mass is 9.73. The van der Waals surface area contributed by atoms with E-state index >= 15 is 0 Å². The van der Waals surface area contributed by atoms with Gasteiger partial charge in [0.2, 0.25) is 5.91 Å². The Kier molecular flexibility index (Phi) is 11.5. The minimum absolute atomic E-state index is 0.0127. The molecule has 2 N–H and O–H groups in total. The predicted molar refractivity (Wildman–Crippen MR) is 155 cm³/mol. The molecule has 0 spiro atoms. The van der Waals surface area contributed by atoms with Crippen LogP contribution in [-0.4, -0.2) is 73.9 Å². The molecule has 2 aliphatic carbocycles. The normalized spacial score (nSPS) is 28.8. The molecule has 7 nitrogen and oxygen atoms in total. The van der Waals surface area contributed by atoms with Crippen LogP contribution < -0.4 is 10.6 Å². The van der Waals surface area contributed by atoms with E-state index in [1.54, 1.807) is 12.2 Å². The van der Waals surface area contributed by atoms with Gasteiger partial charge in [0.15, 0.2) is 0 Å². The van der Waals surface area contributed by atoms with Crippen molar-refractivity contribution in [2.45, 2.75) is 89.5 Å². The van der Waals surface area contributed by atoms with Crippen molar-refractivity contribution in [1.82, 2.24) is 15.5 Å². The number of likely N-dealkylation sites (tertiary alicyclic amines) is 1. The molecule has 3 heterocycles. The highest BCUT2D eigenvalue weighted by Gasteiger charge is 2.46. The van der Waals surface area contributed by atoms with Crippen LogP contribution in [0.3, 0.4) is 0 Å². The van der Waals surface area contributed by atoms with E-state index < -0.39 is 12.5 Å². The Hall–Kier alpha value is -3.00. The molecule has 9 heteroatoms. The molecule has 5 atom stereocenters. The average Bonchev–Trinajstić information content (AvgIpc) is 3.17. The summed E-state index contributed by atoms with van der Waals surface area (Å²) in [6.45, 7) is 5.94. The number of alkyl halides is 2. The van der Waals surface area contributed by atoms with E-state index in [2.05, 4.69) is 22.4 Å². The first kappa shape index (κ1) is 30.9. The summed E-state index contributed by atoms with van der Waals surface area (Å²) in [5.74, 6) is 0.234. The maximum Gasteiger partial charge on any atom is 0.407 e. The fraction of sp³-hybridized carbons (Fsp3) is 0.594. The third-order valence-corrected chi connectivity index (χ3v) is 8.17. The molecule has 0 aromatic heterocycles. The Bertz CT molecular complexity index is 1120. The van der Waals surface area contributed by atoms with E-state index in [9.17, 15) is 18.4 Å². The molecule has 0 radical (unpaired) electrons. The largest absolute Gasteiger partial charge is 0.447 e. The fourth-order valence-corrected chi connectivity index (χ4v) is 6.23. The number of rotatable bonds is 8. The van der Waals surface area contributed by atoms with E-state index in [1.807, 2.05) is 43.1 Å². The summed E-state index contributed by atoms with van der Waals surface area (Å²) in [5, 5.41) is 6.49. The average molecular weight is 572 g/mol. The molecule has 3 fully saturated rings. The Morgan fingerprint density at radius 1 is 1.27 bits per heavy atom. The molecule has 5 aliphatic rings. The molecule has 2 amide bonds. The first-order chi connectivity index (χ1) is 20.0. The van der Waals surface area contributed by atoms with Crippen LogP contribution >= 0.6 is 0 Å². The third-order valence-electron chi connectivity index (χ3n) is 8.17. The standard InChI is InChI=1S/C30H37F2N3O4.C2H6/c31-29(32)21-10-5-11-25-24(18-21)28-23(27(34-25)20-8-3-1-2-4-9-20)14-13-22(39-28)19-38-30(37)33-15-7-17-35-16-6-12-26(35)36;1-2/h1,3-4,8-10,18,22-23,25,27-29,34H,5-7,11-17,19H2,(H,33,37);1-2H3/t22?,23?,25?,27-,28?;/m0./s1. The molecule has 3 aliphatic heterocycles. The van der Waals surface area contributed by atoms with Gasteiger partial charge in [0.05, 0.1) is 12.2 Å². The second kappa shape index (κ2) is 15.3. The van der Waals surface area contributed by atoms with Crippen LogP contribution in [0.4, 0.5) is 13.6 Å². The lowest BCUT2D eigenvalue weighted by Gasteiger charge is -2.49. The van der Waals surface area contributed by atoms with E-state index in [0.29, 0.717) is 45.2 Å². The SMILES string of the molecule is CC.O=C(NCCCN1CCCC1=O)OCC1CCC2C(O1)C1=CC(C(F)F)=CCCC1N[C@H]2C1=CC=C=CC=C1. The van der Waals surface area contributed by atoms with E-state index in [0.717, 1.165) is 30.5 Å². The second-order valence-corrected chi connectivity index (χ2v) is 10.7. The Morgan fingerprint density at radius 2 is 2.12 bits per heavy atom. The number of piperidine rings is 1. The highest BCUT2D eigenvalue weighted by molar-refractivity contribution is 5.78. The number of carbonyl (C=O) groups excluding carboxylic acids is 2. The second-order valence-electron chi connectivity index (χ2n) is 10.7.